The minimum absolute atomic E-state index is 0.160. The molecular formula is C23H24ClN5O. The summed E-state index contributed by atoms with van der Waals surface area (Å²) in [6.07, 6.45) is 7.57. The number of carbonyl (C=O) groups is 1. The summed E-state index contributed by atoms with van der Waals surface area (Å²) in [4.78, 5) is 26.5. The van der Waals surface area contributed by atoms with E-state index in [1.165, 1.54) is 6.42 Å². The van der Waals surface area contributed by atoms with E-state index in [1.54, 1.807) is 18.7 Å². The van der Waals surface area contributed by atoms with Crippen LogP contribution in [0.5, 0.6) is 0 Å². The monoisotopic (exact) mass is 421 g/mol. The molecule has 3 aromatic rings. The van der Waals surface area contributed by atoms with Crippen molar-refractivity contribution in [2.45, 2.75) is 31.5 Å². The molecule has 0 saturated carbocycles. The van der Waals surface area contributed by atoms with E-state index in [4.69, 9.17) is 11.6 Å². The molecule has 1 amide bonds. The number of pyridine rings is 1. The van der Waals surface area contributed by atoms with Crippen LogP contribution >= 0.6 is 11.6 Å². The molecular weight excluding hydrogens is 398 g/mol. The Kier molecular flexibility index (Phi) is 5.05. The topological polar surface area (TPSA) is 54.3 Å². The molecule has 7 heteroatoms. The maximum Gasteiger partial charge on any atom is 0.242 e. The van der Waals surface area contributed by atoms with Crippen molar-refractivity contribution in [2.75, 3.05) is 20.1 Å². The zero-order valence-corrected chi connectivity index (χ0v) is 17.7. The van der Waals surface area contributed by atoms with Crippen molar-refractivity contribution in [3.05, 3.63) is 60.1 Å². The summed E-state index contributed by atoms with van der Waals surface area (Å²) >= 11 is 6.07. The van der Waals surface area contributed by atoms with Crippen LogP contribution in [0.2, 0.25) is 5.02 Å². The number of carbonyl (C=O) groups excluding carboxylic acids is 1. The van der Waals surface area contributed by atoms with Gasteiger partial charge in [-0.1, -0.05) is 23.7 Å². The van der Waals surface area contributed by atoms with Crippen molar-refractivity contribution in [2.24, 2.45) is 0 Å². The first-order valence-electron chi connectivity index (χ1n) is 10.3. The van der Waals surface area contributed by atoms with Gasteiger partial charge in [0, 0.05) is 53.7 Å². The molecule has 1 aromatic carbocycles. The second-order valence-electron chi connectivity index (χ2n) is 8.18. The van der Waals surface area contributed by atoms with Crippen LogP contribution in [0.15, 0.2) is 55.1 Å². The molecule has 1 unspecified atom stereocenters. The third-order valence-electron chi connectivity index (χ3n) is 6.34. The lowest BCUT2D eigenvalue weighted by atomic mass is 9.91. The van der Waals surface area contributed by atoms with E-state index in [0.717, 1.165) is 42.0 Å². The van der Waals surface area contributed by atoms with Gasteiger partial charge in [0.25, 0.3) is 0 Å². The fourth-order valence-corrected chi connectivity index (χ4v) is 4.84. The zero-order chi connectivity index (χ0) is 20.7. The Morgan fingerprint density at radius 2 is 1.77 bits per heavy atom. The van der Waals surface area contributed by atoms with Gasteiger partial charge >= 0.3 is 0 Å². The molecule has 2 atom stereocenters. The highest BCUT2D eigenvalue weighted by atomic mass is 35.5. The highest BCUT2D eigenvalue weighted by molar-refractivity contribution is 6.30. The molecule has 5 heterocycles. The zero-order valence-electron chi connectivity index (χ0n) is 16.9. The van der Waals surface area contributed by atoms with Gasteiger partial charge in [0.2, 0.25) is 5.91 Å². The predicted octanol–water partition coefficient (Wildman–Crippen LogP) is 3.57. The molecule has 0 radical (unpaired) electrons. The first-order valence-corrected chi connectivity index (χ1v) is 10.7. The van der Waals surface area contributed by atoms with Crippen LogP contribution in [0, 0.1) is 0 Å². The lowest BCUT2D eigenvalue weighted by molar-refractivity contribution is -0.141. The van der Waals surface area contributed by atoms with E-state index in [0.29, 0.717) is 17.1 Å². The Hall–Kier alpha value is -2.70. The second-order valence-corrected chi connectivity index (χ2v) is 8.62. The number of piperidine rings is 2. The Balaban J connectivity index is 1.48. The standard InChI is InChI=1S/C23H24ClN5O/c1-27-12-20-7-6-19(27)13-29(20)21(30)14-28-15-26-22(16-2-4-18(24)5-3-16)23(28)17-8-10-25-11-9-17/h2-5,8-11,15,19-20H,6-7,12-14H2,1H3/t19-,20?/m0/s1. The number of halogens is 1. The molecule has 3 aliphatic rings. The molecule has 0 N–H and O–H groups in total. The van der Waals surface area contributed by atoms with Gasteiger partial charge in [-0.05, 0) is 44.2 Å². The fraction of sp³-hybridized carbons (Fsp3) is 0.348. The summed E-state index contributed by atoms with van der Waals surface area (Å²) in [5, 5.41) is 0.684. The molecule has 6 nitrogen and oxygen atoms in total. The average molecular weight is 422 g/mol. The molecule has 3 fully saturated rings. The molecule has 3 aliphatic heterocycles. The number of hydrogen-bond acceptors (Lipinski definition) is 4. The second kappa shape index (κ2) is 7.85. The van der Waals surface area contributed by atoms with Crippen molar-refractivity contribution < 1.29 is 4.79 Å². The number of aromatic nitrogens is 3. The third-order valence-corrected chi connectivity index (χ3v) is 6.59. The summed E-state index contributed by atoms with van der Waals surface area (Å²) in [5.74, 6) is 0.160. The van der Waals surface area contributed by atoms with E-state index in [-0.39, 0.29) is 12.5 Å². The SMILES string of the molecule is CN1CC2CC[C@H]1CN2C(=O)Cn1cnc(-c2ccc(Cl)cc2)c1-c1ccncc1. The number of amides is 1. The van der Waals surface area contributed by atoms with Crippen LogP contribution in [0.4, 0.5) is 0 Å². The van der Waals surface area contributed by atoms with Crippen LogP contribution in [0.3, 0.4) is 0 Å². The van der Waals surface area contributed by atoms with Crippen LogP contribution in [0.1, 0.15) is 12.8 Å². The molecule has 2 aromatic heterocycles. The lowest BCUT2D eigenvalue weighted by Crippen LogP contribution is -2.63. The number of fused-ring (bicyclic) bond motifs is 3. The van der Waals surface area contributed by atoms with E-state index in [2.05, 4.69) is 26.8 Å². The maximum absolute atomic E-state index is 13.3. The average Bonchev–Trinajstić information content (AvgIpc) is 3.18. The van der Waals surface area contributed by atoms with Gasteiger partial charge in [0.15, 0.2) is 0 Å². The van der Waals surface area contributed by atoms with Crippen LogP contribution in [-0.2, 0) is 11.3 Å². The normalized spacial score (nSPS) is 21.2. The summed E-state index contributed by atoms with van der Waals surface area (Å²) < 4.78 is 1.97. The van der Waals surface area contributed by atoms with Crippen molar-refractivity contribution in [3.63, 3.8) is 0 Å². The number of benzene rings is 1. The summed E-state index contributed by atoms with van der Waals surface area (Å²) in [7, 11) is 2.16. The van der Waals surface area contributed by atoms with Gasteiger partial charge in [0.05, 0.1) is 17.7 Å². The first-order chi connectivity index (χ1) is 14.6. The maximum atomic E-state index is 13.3. The Morgan fingerprint density at radius 1 is 1.03 bits per heavy atom. The van der Waals surface area contributed by atoms with Crippen LogP contribution in [0.25, 0.3) is 22.5 Å². The van der Waals surface area contributed by atoms with Crippen molar-refractivity contribution in [3.8, 4) is 22.5 Å². The highest BCUT2D eigenvalue weighted by Gasteiger charge is 2.39. The number of nitrogens with zero attached hydrogens (tertiary/aromatic N) is 5. The third kappa shape index (κ3) is 3.50. The largest absolute Gasteiger partial charge is 0.335 e. The van der Waals surface area contributed by atoms with E-state index < -0.39 is 0 Å². The molecule has 0 spiro atoms. The van der Waals surface area contributed by atoms with Gasteiger partial charge in [-0.15, -0.1) is 0 Å². The van der Waals surface area contributed by atoms with Crippen LogP contribution in [-0.4, -0.2) is 62.5 Å². The van der Waals surface area contributed by atoms with E-state index in [1.807, 2.05) is 41.0 Å². The summed E-state index contributed by atoms with van der Waals surface area (Å²) in [5.41, 5.74) is 3.72. The molecule has 154 valence electrons. The number of rotatable bonds is 4. The van der Waals surface area contributed by atoms with E-state index in [9.17, 15) is 4.79 Å². The molecule has 6 rings (SSSR count). The molecule has 0 aliphatic carbocycles. The molecule has 3 saturated heterocycles. The molecule has 2 bridgehead atoms. The van der Waals surface area contributed by atoms with Gasteiger partial charge in [-0.3, -0.25) is 14.7 Å². The van der Waals surface area contributed by atoms with Crippen LogP contribution < -0.4 is 0 Å². The number of likely N-dealkylation sites (N-methyl/N-ethyl adjacent to an activating group) is 1. The Morgan fingerprint density at radius 3 is 2.43 bits per heavy atom. The number of piperazine rings is 1. The van der Waals surface area contributed by atoms with Gasteiger partial charge in [0.1, 0.15) is 6.54 Å². The summed E-state index contributed by atoms with van der Waals surface area (Å²) in [6.45, 7) is 2.07. The minimum Gasteiger partial charge on any atom is -0.335 e. The van der Waals surface area contributed by atoms with E-state index >= 15 is 0 Å². The Labute approximate surface area is 181 Å². The molecule has 30 heavy (non-hydrogen) atoms. The van der Waals surface area contributed by atoms with Gasteiger partial charge in [-0.25, -0.2) is 4.98 Å². The number of hydrogen-bond donors (Lipinski definition) is 0. The quantitative estimate of drug-likeness (QED) is 0.646. The van der Waals surface area contributed by atoms with Crippen molar-refractivity contribution in [1.29, 1.82) is 0 Å². The smallest absolute Gasteiger partial charge is 0.242 e. The Bertz CT molecular complexity index is 1050. The number of imidazole rings is 1. The summed E-state index contributed by atoms with van der Waals surface area (Å²) in [6, 6.07) is 12.3. The van der Waals surface area contributed by atoms with Gasteiger partial charge in [-0.2, -0.15) is 0 Å². The predicted molar refractivity (Wildman–Crippen MR) is 117 cm³/mol. The lowest BCUT2D eigenvalue weighted by Gasteiger charge is -2.50. The van der Waals surface area contributed by atoms with Crippen molar-refractivity contribution in [1.82, 2.24) is 24.3 Å². The first kappa shape index (κ1) is 19.3. The van der Waals surface area contributed by atoms with Gasteiger partial charge < -0.3 is 9.47 Å². The minimum atomic E-state index is 0.160. The highest BCUT2D eigenvalue weighted by Crippen LogP contribution is 2.33. The fourth-order valence-electron chi connectivity index (χ4n) is 4.71. The van der Waals surface area contributed by atoms with Crippen molar-refractivity contribution >= 4 is 17.5 Å².